The van der Waals surface area contributed by atoms with E-state index in [0.717, 1.165) is 12.0 Å². The number of hydrogen-bond donors (Lipinski definition) is 1. The van der Waals surface area contributed by atoms with Crippen LogP contribution in [0, 0.1) is 0 Å². The summed E-state index contributed by atoms with van der Waals surface area (Å²) in [7, 11) is 1.58. The smallest absolute Gasteiger partial charge is 0.261 e. The van der Waals surface area contributed by atoms with Gasteiger partial charge in [-0.1, -0.05) is 43.3 Å². The van der Waals surface area contributed by atoms with Crippen LogP contribution >= 0.6 is 0 Å². The number of nitrogens with one attached hydrogen (secondary N) is 1. The third-order valence-corrected chi connectivity index (χ3v) is 3.99. The average molecular weight is 327 g/mol. The number of methoxy groups -OCH3 is 1. The van der Waals surface area contributed by atoms with Gasteiger partial charge in [0.05, 0.1) is 13.2 Å². The lowest BCUT2D eigenvalue weighted by molar-refractivity contribution is -0.127. The van der Waals surface area contributed by atoms with E-state index in [1.165, 1.54) is 5.56 Å². The molecule has 2 atom stereocenters. The van der Waals surface area contributed by atoms with Gasteiger partial charge in [0.15, 0.2) is 17.6 Å². The van der Waals surface area contributed by atoms with E-state index in [4.69, 9.17) is 9.47 Å². The molecule has 4 heteroatoms. The lowest BCUT2D eigenvalue weighted by atomic mass is 10.0. The molecule has 0 saturated heterocycles. The molecule has 0 unspecified atom stereocenters. The van der Waals surface area contributed by atoms with Crippen LogP contribution < -0.4 is 14.8 Å². The Balaban J connectivity index is 1.97. The highest BCUT2D eigenvalue weighted by Crippen LogP contribution is 2.27. The third-order valence-electron chi connectivity index (χ3n) is 3.99. The molecule has 0 aliphatic heterocycles. The Morgan fingerprint density at radius 1 is 1.04 bits per heavy atom. The van der Waals surface area contributed by atoms with Crippen LogP contribution in [-0.2, 0) is 11.2 Å². The second-order valence-corrected chi connectivity index (χ2v) is 5.74. The van der Waals surface area contributed by atoms with E-state index in [9.17, 15) is 4.79 Å². The van der Waals surface area contributed by atoms with Crippen LogP contribution in [0.25, 0.3) is 0 Å². The summed E-state index contributed by atoms with van der Waals surface area (Å²) in [5.41, 5.74) is 2.36. The third kappa shape index (κ3) is 4.51. The van der Waals surface area contributed by atoms with Gasteiger partial charge < -0.3 is 14.8 Å². The summed E-state index contributed by atoms with van der Waals surface area (Å²) in [4.78, 5) is 12.4. The minimum absolute atomic E-state index is 0.0767. The van der Waals surface area contributed by atoms with Crippen LogP contribution in [0.2, 0.25) is 0 Å². The van der Waals surface area contributed by atoms with E-state index in [1.54, 1.807) is 26.2 Å². The molecule has 0 radical (unpaired) electrons. The molecule has 0 aliphatic carbocycles. The molecule has 0 bridgehead atoms. The highest BCUT2D eigenvalue weighted by atomic mass is 16.5. The first-order valence-corrected chi connectivity index (χ1v) is 8.24. The summed E-state index contributed by atoms with van der Waals surface area (Å²) in [6.45, 7) is 5.82. The van der Waals surface area contributed by atoms with E-state index in [2.05, 4.69) is 36.5 Å². The van der Waals surface area contributed by atoms with E-state index in [1.807, 2.05) is 19.1 Å². The Hall–Kier alpha value is -2.49. The lowest BCUT2D eigenvalue weighted by Gasteiger charge is -2.20. The molecule has 2 aromatic carbocycles. The van der Waals surface area contributed by atoms with E-state index in [-0.39, 0.29) is 11.9 Å². The molecule has 1 N–H and O–H groups in total. The average Bonchev–Trinajstić information content (AvgIpc) is 2.62. The predicted molar refractivity (Wildman–Crippen MR) is 95.5 cm³/mol. The fourth-order valence-electron chi connectivity index (χ4n) is 2.42. The van der Waals surface area contributed by atoms with Crippen LogP contribution in [0.4, 0.5) is 0 Å². The maximum atomic E-state index is 12.4. The molecule has 0 aliphatic rings. The van der Waals surface area contributed by atoms with Crippen molar-refractivity contribution in [2.45, 2.75) is 39.3 Å². The summed E-state index contributed by atoms with van der Waals surface area (Å²) in [5.74, 6) is 1.01. The van der Waals surface area contributed by atoms with Crippen molar-refractivity contribution in [2.75, 3.05) is 7.11 Å². The SMILES string of the molecule is CCc1ccc([C@@H](C)NC(=O)[C@H](C)Oc2ccccc2OC)cc1. The fourth-order valence-corrected chi connectivity index (χ4v) is 2.42. The predicted octanol–water partition coefficient (Wildman–Crippen LogP) is 3.90. The molecular formula is C20H25NO3. The van der Waals surface area contributed by atoms with Crippen molar-refractivity contribution in [1.29, 1.82) is 0 Å². The minimum atomic E-state index is -0.612. The number of para-hydroxylation sites is 2. The summed E-state index contributed by atoms with van der Waals surface area (Å²) < 4.78 is 11.0. The Morgan fingerprint density at radius 2 is 1.67 bits per heavy atom. The number of rotatable bonds is 7. The maximum Gasteiger partial charge on any atom is 0.261 e. The molecule has 0 fully saturated rings. The Labute approximate surface area is 143 Å². The van der Waals surface area contributed by atoms with Gasteiger partial charge in [0.1, 0.15) is 0 Å². The van der Waals surface area contributed by atoms with Gasteiger partial charge in [-0.15, -0.1) is 0 Å². The molecule has 0 spiro atoms. The number of aryl methyl sites for hydroxylation is 1. The number of hydrogen-bond acceptors (Lipinski definition) is 3. The van der Waals surface area contributed by atoms with Crippen molar-refractivity contribution in [3.63, 3.8) is 0 Å². The monoisotopic (exact) mass is 327 g/mol. The van der Waals surface area contributed by atoms with Crippen LogP contribution in [-0.4, -0.2) is 19.1 Å². The Kier molecular flexibility index (Phi) is 6.24. The maximum absolute atomic E-state index is 12.4. The summed E-state index contributed by atoms with van der Waals surface area (Å²) in [6.07, 6.45) is 0.392. The normalized spacial score (nSPS) is 13.0. The number of amides is 1. The molecule has 2 aromatic rings. The van der Waals surface area contributed by atoms with Crippen LogP contribution in [0.1, 0.15) is 37.9 Å². The second-order valence-electron chi connectivity index (χ2n) is 5.74. The standard InChI is InChI=1S/C20H25NO3/c1-5-16-10-12-17(13-11-16)14(2)21-20(22)15(3)24-19-9-7-6-8-18(19)23-4/h6-15H,5H2,1-4H3,(H,21,22)/t14-,15+/m1/s1. The van der Waals surface area contributed by atoms with Gasteiger partial charge in [-0.25, -0.2) is 0 Å². The van der Waals surface area contributed by atoms with E-state index >= 15 is 0 Å². The van der Waals surface area contributed by atoms with Gasteiger partial charge in [-0.3, -0.25) is 4.79 Å². The molecule has 4 nitrogen and oxygen atoms in total. The largest absolute Gasteiger partial charge is 0.493 e. The molecule has 2 rings (SSSR count). The summed E-state index contributed by atoms with van der Waals surface area (Å²) in [6, 6.07) is 15.5. The van der Waals surface area contributed by atoms with Crippen LogP contribution in [0.3, 0.4) is 0 Å². The van der Waals surface area contributed by atoms with Crippen molar-refractivity contribution in [1.82, 2.24) is 5.32 Å². The van der Waals surface area contributed by atoms with Crippen molar-refractivity contribution in [3.05, 3.63) is 59.7 Å². The summed E-state index contributed by atoms with van der Waals surface area (Å²) >= 11 is 0. The molecule has 128 valence electrons. The van der Waals surface area contributed by atoms with Crippen molar-refractivity contribution in [2.24, 2.45) is 0 Å². The number of ether oxygens (including phenoxy) is 2. The van der Waals surface area contributed by atoms with Gasteiger partial charge in [0.2, 0.25) is 0 Å². The zero-order valence-corrected chi connectivity index (χ0v) is 14.7. The molecule has 24 heavy (non-hydrogen) atoms. The van der Waals surface area contributed by atoms with Gasteiger partial charge >= 0.3 is 0 Å². The van der Waals surface area contributed by atoms with E-state index < -0.39 is 6.10 Å². The van der Waals surface area contributed by atoms with Gasteiger partial charge in [0.25, 0.3) is 5.91 Å². The minimum Gasteiger partial charge on any atom is -0.493 e. The van der Waals surface area contributed by atoms with Gasteiger partial charge in [-0.2, -0.15) is 0 Å². The first-order chi connectivity index (χ1) is 11.5. The zero-order chi connectivity index (χ0) is 17.5. The first kappa shape index (κ1) is 17.9. The molecule has 0 saturated carbocycles. The van der Waals surface area contributed by atoms with E-state index in [0.29, 0.717) is 11.5 Å². The van der Waals surface area contributed by atoms with Crippen molar-refractivity contribution >= 4 is 5.91 Å². The lowest BCUT2D eigenvalue weighted by Crippen LogP contribution is -2.37. The van der Waals surface area contributed by atoms with Crippen molar-refractivity contribution < 1.29 is 14.3 Å². The Morgan fingerprint density at radius 3 is 2.25 bits per heavy atom. The number of carbonyl (C=O) groups excluding carboxylic acids is 1. The second kappa shape index (κ2) is 8.39. The highest BCUT2D eigenvalue weighted by molar-refractivity contribution is 5.81. The zero-order valence-electron chi connectivity index (χ0n) is 14.7. The fraction of sp³-hybridized carbons (Fsp3) is 0.350. The number of carbonyl (C=O) groups is 1. The van der Waals surface area contributed by atoms with Crippen LogP contribution in [0.15, 0.2) is 48.5 Å². The van der Waals surface area contributed by atoms with Gasteiger partial charge in [0, 0.05) is 0 Å². The van der Waals surface area contributed by atoms with Crippen molar-refractivity contribution in [3.8, 4) is 11.5 Å². The first-order valence-electron chi connectivity index (χ1n) is 8.24. The molecular weight excluding hydrogens is 302 g/mol. The van der Waals surface area contributed by atoms with Gasteiger partial charge in [-0.05, 0) is 43.5 Å². The number of benzene rings is 2. The highest BCUT2D eigenvalue weighted by Gasteiger charge is 2.19. The Bertz CT molecular complexity index is 667. The quantitative estimate of drug-likeness (QED) is 0.839. The molecule has 1 amide bonds. The molecule has 0 heterocycles. The molecule has 0 aromatic heterocycles. The van der Waals surface area contributed by atoms with Crippen LogP contribution in [0.5, 0.6) is 11.5 Å². The summed E-state index contributed by atoms with van der Waals surface area (Å²) in [5, 5.41) is 2.99. The topological polar surface area (TPSA) is 47.6 Å².